The highest BCUT2D eigenvalue weighted by molar-refractivity contribution is 6.16. The number of aromatic carboxylic acids is 1. The number of nitrogens with one attached hydrogen (secondary N) is 2. The van der Waals surface area contributed by atoms with Gasteiger partial charge in [-0.2, -0.15) is 0 Å². The molecule has 0 saturated carbocycles. The number of carbonyl (C=O) groups is 4. The average molecular weight is 441 g/mol. The number of urea groups is 1. The molecule has 0 spiro atoms. The van der Waals surface area contributed by atoms with Crippen LogP contribution in [0.2, 0.25) is 0 Å². The summed E-state index contributed by atoms with van der Waals surface area (Å²) in [4.78, 5) is 48.9. The van der Waals surface area contributed by atoms with Gasteiger partial charge in [-0.3, -0.25) is 9.59 Å². The second-order valence-corrected chi connectivity index (χ2v) is 7.30. The molecule has 4 rings (SSSR count). The van der Waals surface area contributed by atoms with E-state index in [-0.39, 0.29) is 11.3 Å². The second kappa shape index (κ2) is 9.19. The summed E-state index contributed by atoms with van der Waals surface area (Å²) in [7, 11) is 0. The molecular weight excluding hydrogens is 422 g/mol. The van der Waals surface area contributed by atoms with Crippen LogP contribution in [0.5, 0.6) is 0 Å². The first-order chi connectivity index (χ1) is 15.9. The van der Waals surface area contributed by atoms with E-state index in [4.69, 9.17) is 5.11 Å². The molecular formula is C25H19N3O5. The lowest BCUT2D eigenvalue weighted by molar-refractivity contribution is -0.127. The van der Waals surface area contributed by atoms with E-state index in [1.165, 1.54) is 18.2 Å². The van der Waals surface area contributed by atoms with Crippen molar-refractivity contribution >= 4 is 35.6 Å². The number of para-hydroxylation sites is 1. The molecule has 0 bridgehead atoms. The fourth-order valence-corrected chi connectivity index (χ4v) is 3.32. The van der Waals surface area contributed by atoms with Crippen molar-refractivity contribution in [2.24, 2.45) is 0 Å². The molecule has 0 atom stereocenters. The van der Waals surface area contributed by atoms with Crippen LogP contribution < -0.4 is 10.6 Å². The van der Waals surface area contributed by atoms with Crippen LogP contribution in [-0.4, -0.2) is 40.4 Å². The topological polar surface area (TPSA) is 116 Å². The Hall–Kier alpha value is -4.72. The van der Waals surface area contributed by atoms with E-state index in [0.717, 1.165) is 16.0 Å². The van der Waals surface area contributed by atoms with Gasteiger partial charge in [0.25, 0.3) is 5.91 Å². The van der Waals surface area contributed by atoms with Crippen LogP contribution in [-0.2, 0) is 9.59 Å². The first kappa shape index (κ1) is 21.5. The lowest BCUT2D eigenvalue weighted by Crippen LogP contribution is -2.38. The molecule has 0 radical (unpaired) electrons. The molecule has 164 valence electrons. The number of nitrogens with zero attached hydrogens (tertiary/aromatic N) is 1. The molecule has 1 heterocycles. The van der Waals surface area contributed by atoms with Gasteiger partial charge in [0.15, 0.2) is 0 Å². The van der Waals surface area contributed by atoms with Crippen LogP contribution in [0.1, 0.15) is 15.9 Å². The normalized spacial score (nSPS) is 14.3. The molecule has 0 aliphatic carbocycles. The van der Waals surface area contributed by atoms with Crippen molar-refractivity contribution in [3.63, 3.8) is 0 Å². The van der Waals surface area contributed by atoms with Crippen molar-refractivity contribution < 1.29 is 24.3 Å². The highest BCUT2D eigenvalue weighted by atomic mass is 16.4. The summed E-state index contributed by atoms with van der Waals surface area (Å²) in [6.07, 6.45) is 1.53. The van der Waals surface area contributed by atoms with E-state index in [1.807, 2.05) is 18.2 Å². The molecule has 4 amide bonds. The molecule has 33 heavy (non-hydrogen) atoms. The number of amides is 4. The molecule has 3 aromatic rings. The number of hydrogen-bond donors (Lipinski definition) is 3. The molecule has 3 aromatic carbocycles. The molecule has 3 N–H and O–H groups in total. The zero-order valence-corrected chi connectivity index (χ0v) is 17.3. The monoisotopic (exact) mass is 441 g/mol. The average Bonchev–Trinajstić information content (AvgIpc) is 3.07. The molecule has 0 unspecified atom stereocenters. The maximum Gasteiger partial charge on any atom is 0.335 e. The van der Waals surface area contributed by atoms with Crippen molar-refractivity contribution in [3.05, 3.63) is 95.7 Å². The SMILES string of the molecule is O=C(CN1C(=O)N/C(=C\c2ccc(-c3ccc(C(=O)O)cc3)cc2)C1=O)Nc1ccccc1. The number of carboxylic acids is 1. The standard InChI is InChI=1S/C25H19N3O5/c29-22(26-20-4-2-1-3-5-20)15-28-23(30)21(27-25(28)33)14-16-6-8-17(9-7-16)18-10-12-19(13-11-18)24(31)32/h1-14H,15H2,(H,26,29)(H,27,33)(H,31,32)/b21-14-. The zero-order valence-electron chi connectivity index (χ0n) is 17.3. The van der Waals surface area contributed by atoms with Gasteiger partial charge in [0.05, 0.1) is 5.56 Å². The summed E-state index contributed by atoms with van der Waals surface area (Å²) in [5.74, 6) is -2.06. The van der Waals surface area contributed by atoms with Gasteiger partial charge in [-0.15, -0.1) is 0 Å². The first-order valence-corrected chi connectivity index (χ1v) is 10.0. The van der Waals surface area contributed by atoms with Gasteiger partial charge in [0.2, 0.25) is 5.91 Å². The van der Waals surface area contributed by atoms with Crippen molar-refractivity contribution in [3.8, 4) is 11.1 Å². The van der Waals surface area contributed by atoms with E-state index >= 15 is 0 Å². The Morgan fingerprint density at radius 3 is 2.09 bits per heavy atom. The van der Waals surface area contributed by atoms with Gasteiger partial charge in [0, 0.05) is 5.69 Å². The van der Waals surface area contributed by atoms with Gasteiger partial charge in [-0.1, -0.05) is 54.6 Å². The van der Waals surface area contributed by atoms with Crippen LogP contribution in [0.3, 0.4) is 0 Å². The molecule has 1 aliphatic heterocycles. The van der Waals surface area contributed by atoms with Crippen molar-refractivity contribution in [2.45, 2.75) is 0 Å². The van der Waals surface area contributed by atoms with Crippen LogP contribution in [0.15, 0.2) is 84.6 Å². The Kier molecular flexibility index (Phi) is 5.99. The third-order valence-corrected chi connectivity index (χ3v) is 5.01. The summed E-state index contributed by atoms with van der Waals surface area (Å²) in [6.45, 7) is -0.401. The third-order valence-electron chi connectivity index (χ3n) is 5.01. The summed E-state index contributed by atoms with van der Waals surface area (Å²) < 4.78 is 0. The number of hydrogen-bond acceptors (Lipinski definition) is 4. The van der Waals surface area contributed by atoms with E-state index in [2.05, 4.69) is 10.6 Å². The van der Waals surface area contributed by atoms with Crippen molar-refractivity contribution in [2.75, 3.05) is 11.9 Å². The summed E-state index contributed by atoms with van der Waals surface area (Å²) in [5, 5.41) is 14.1. The fraction of sp³-hybridized carbons (Fsp3) is 0.0400. The Balaban J connectivity index is 1.43. The van der Waals surface area contributed by atoms with Crippen LogP contribution in [0, 0.1) is 0 Å². The van der Waals surface area contributed by atoms with Gasteiger partial charge >= 0.3 is 12.0 Å². The Labute approximate surface area is 189 Å². The summed E-state index contributed by atoms with van der Waals surface area (Å²) in [6, 6.07) is 21.8. The molecule has 0 aromatic heterocycles. The largest absolute Gasteiger partial charge is 0.478 e. The second-order valence-electron chi connectivity index (χ2n) is 7.30. The van der Waals surface area contributed by atoms with Crippen LogP contribution >= 0.6 is 0 Å². The van der Waals surface area contributed by atoms with Crippen LogP contribution in [0.25, 0.3) is 17.2 Å². The van der Waals surface area contributed by atoms with Gasteiger partial charge in [-0.05, 0) is 47.0 Å². The van der Waals surface area contributed by atoms with E-state index in [9.17, 15) is 19.2 Å². The lowest BCUT2D eigenvalue weighted by atomic mass is 10.0. The minimum Gasteiger partial charge on any atom is -0.478 e. The molecule has 1 saturated heterocycles. The predicted octanol–water partition coefficient (Wildman–Crippen LogP) is 3.58. The minimum atomic E-state index is -0.988. The molecule has 8 nitrogen and oxygen atoms in total. The highest BCUT2D eigenvalue weighted by Crippen LogP contribution is 2.22. The Morgan fingerprint density at radius 2 is 1.48 bits per heavy atom. The Morgan fingerprint density at radius 1 is 0.879 bits per heavy atom. The quantitative estimate of drug-likeness (QED) is 0.399. The summed E-state index contributed by atoms with van der Waals surface area (Å²) in [5.41, 5.74) is 3.25. The van der Waals surface area contributed by atoms with Crippen molar-refractivity contribution in [1.82, 2.24) is 10.2 Å². The third kappa shape index (κ3) is 4.96. The summed E-state index contributed by atoms with van der Waals surface area (Å²) >= 11 is 0. The van der Waals surface area contributed by atoms with E-state index in [1.54, 1.807) is 48.5 Å². The molecule has 8 heteroatoms. The first-order valence-electron chi connectivity index (χ1n) is 10.0. The number of benzene rings is 3. The Bertz CT molecular complexity index is 1250. The molecule has 1 fully saturated rings. The maximum absolute atomic E-state index is 12.6. The predicted molar refractivity (Wildman–Crippen MR) is 122 cm³/mol. The van der Waals surface area contributed by atoms with Gasteiger partial charge < -0.3 is 15.7 Å². The number of rotatable bonds is 6. The fourth-order valence-electron chi connectivity index (χ4n) is 3.32. The highest BCUT2D eigenvalue weighted by Gasteiger charge is 2.34. The number of carbonyl (C=O) groups excluding carboxylic acids is 3. The minimum absolute atomic E-state index is 0.0751. The lowest BCUT2D eigenvalue weighted by Gasteiger charge is -2.11. The van der Waals surface area contributed by atoms with Crippen molar-refractivity contribution in [1.29, 1.82) is 0 Å². The number of anilines is 1. The van der Waals surface area contributed by atoms with Crippen LogP contribution in [0.4, 0.5) is 10.5 Å². The van der Waals surface area contributed by atoms with E-state index in [0.29, 0.717) is 11.3 Å². The maximum atomic E-state index is 12.6. The number of carboxylic acid groups (broad SMARTS) is 1. The van der Waals surface area contributed by atoms with Gasteiger partial charge in [0.1, 0.15) is 12.2 Å². The smallest absolute Gasteiger partial charge is 0.335 e. The van der Waals surface area contributed by atoms with Gasteiger partial charge in [-0.25, -0.2) is 14.5 Å². The number of imide groups is 1. The zero-order chi connectivity index (χ0) is 23.4. The molecule has 1 aliphatic rings. The van der Waals surface area contributed by atoms with E-state index < -0.39 is 30.4 Å².